The number of rotatable bonds is 5. The molecule has 1 aromatic rings. The van der Waals surface area contributed by atoms with E-state index in [1.165, 1.54) is 0 Å². The Hall–Kier alpha value is -0.780. The first-order valence-electron chi connectivity index (χ1n) is 7.22. The van der Waals surface area contributed by atoms with Crippen molar-refractivity contribution in [2.45, 2.75) is 32.2 Å². The van der Waals surface area contributed by atoms with Crippen LogP contribution >= 0.6 is 12.4 Å². The van der Waals surface area contributed by atoms with Crippen LogP contribution in [0.5, 0.6) is 0 Å². The Morgan fingerprint density at radius 1 is 1.10 bits per heavy atom. The summed E-state index contributed by atoms with van der Waals surface area (Å²) in [4.78, 5) is 2.15. The second-order valence-corrected chi connectivity index (χ2v) is 5.23. The zero-order valence-electron chi connectivity index (χ0n) is 12.2. The maximum Gasteiger partial charge on any atom is 0.161 e. The molecule has 0 aromatic heterocycles. The molecule has 0 bridgehead atoms. The van der Waals surface area contributed by atoms with Gasteiger partial charge in [0, 0.05) is 43.9 Å². The Labute approximate surface area is 130 Å². The van der Waals surface area contributed by atoms with Gasteiger partial charge in [-0.1, -0.05) is 19.8 Å². The van der Waals surface area contributed by atoms with Crippen molar-refractivity contribution in [1.29, 1.82) is 0 Å². The SMILES string of the molecule is CCCC[C@H](c1cc(F)c(F)cc1F)N1CCNCC1.Cl. The summed E-state index contributed by atoms with van der Waals surface area (Å²) in [6.45, 7) is 5.35. The fraction of sp³-hybridized carbons (Fsp3) is 0.600. The van der Waals surface area contributed by atoms with Gasteiger partial charge in [0.15, 0.2) is 11.6 Å². The summed E-state index contributed by atoms with van der Waals surface area (Å²) in [5.41, 5.74) is 0.277. The molecule has 0 amide bonds. The van der Waals surface area contributed by atoms with Crippen molar-refractivity contribution in [3.63, 3.8) is 0 Å². The first-order chi connectivity index (χ1) is 9.63. The monoisotopic (exact) mass is 322 g/mol. The molecule has 1 atom stereocenters. The van der Waals surface area contributed by atoms with Gasteiger partial charge in [0.2, 0.25) is 0 Å². The Bertz CT molecular complexity index is 451. The molecule has 1 saturated heterocycles. The van der Waals surface area contributed by atoms with Gasteiger partial charge in [0.1, 0.15) is 5.82 Å². The van der Waals surface area contributed by atoms with Crippen LogP contribution < -0.4 is 5.32 Å². The highest BCUT2D eigenvalue weighted by molar-refractivity contribution is 5.85. The average molecular weight is 323 g/mol. The molecular weight excluding hydrogens is 301 g/mol. The van der Waals surface area contributed by atoms with Crippen LogP contribution in [0.25, 0.3) is 0 Å². The third-order valence-corrected chi connectivity index (χ3v) is 3.82. The average Bonchev–Trinajstić information content (AvgIpc) is 2.45. The highest BCUT2D eigenvalue weighted by atomic mass is 35.5. The van der Waals surface area contributed by atoms with Crippen molar-refractivity contribution in [3.8, 4) is 0 Å². The maximum absolute atomic E-state index is 14.0. The van der Waals surface area contributed by atoms with Crippen LogP contribution in [0.15, 0.2) is 12.1 Å². The van der Waals surface area contributed by atoms with Crippen LogP contribution in [0.1, 0.15) is 37.8 Å². The van der Waals surface area contributed by atoms with E-state index in [2.05, 4.69) is 17.1 Å². The van der Waals surface area contributed by atoms with E-state index in [-0.39, 0.29) is 24.0 Å². The van der Waals surface area contributed by atoms with Crippen molar-refractivity contribution >= 4 is 12.4 Å². The standard InChI is InChI=1S/C15H21F3N2.ClH/c1-2-3-4-15(20-7-5-19-6-8-20)11-9-13(17)14(18)10-12(11)16;/h9-10,15,19H,2-8H2,1H3;1H/t15-;/m1./s1. The number of hydrogen-bond donors (Lipinski definition) is 1. The molecule has 0 aliphatic carbocycles. The van der Waals surface area contributed by atoms with E-state index in [0.717, 1.165) is 51.5 Å². The lowest BCUT2D eigenvalue weighted by Crippen LogP contribution is -2.45. The molecule has 1 fully saturated rings. The minimum absolute atomic E-state index is 0. The van der Waals surface area contributed by atoms with Gasteiger partial charge in [-0.25, -0.2) is 13.2 Å². The summed E-state index contributed by atoms with van der Waals surface area (Å²) in [5.74, 6) is -2.75. The van der Waals surface area contributed by atoms with Crippen LogP contribution in [0.3, 0.4) is 0 Å². The fourth-order valence-corrected chi connectivity index (χ4v) is 2.72. The third-order valence-electron chi connectivity index (χ3n) is 3.82. The van der Waals surface area contributed by atoms with Gasteiger partial charge in [-0.3, -0.25) is 4.90 Å². The molecule has 0 unspecified atom stereocenters. The third kappa shape index (κ3) is 4.59. The summed E-state index contributed by atoms with van der Waals surface area (Å²) in [7, 11) is 0. The van der Waals surface area contributed by atoms with E-state index in [4.69, 9.17) is 0 Å². The second kappa shape index (κ2) is 8.61. The maximum atomic E-state index is 14.0. The van der Waals surface area contributed by atoms with Crippen LogP contribution in [0.2, 0.25) is 0 Å². The van der Waals surface area contributed by atoms with Gasteiger partial charge in [-0.15, -0.1) is 12.4 Å². The normalized spacial score (nSPS) is 17.3. The summed E-state index contributed by atoms with van der Waals surface area (Å²) >= 11 is 0. The lowest BCUT2D eigenvalue weighted by Gasteiger charge is -2.35. The number of hydrogen-bond acceptors (Lipinski definition) is 2. The zero-order valence-corrected chi connectivity index (χ0v) is 13.0. The summed E-state index contributed by atoms with van der Waals surface area (Å²) in [6, 6.07) is 1.51. The van der Waals surface area contributed by atoms with Gasteiger partial charge in [0.25, 0.3) is 0 Å². The number of unbranched alkanes of at least 4 members (excludes halogenated alkanes) is 1. The highest BCUT2D eigenvalue weighted by Crippen LogP contribution is 2.30. The quantitative estimate of drug-likeness (QED) is 0.832. The number of halogens is 4. The number of piperazine rings is 1. The molecule has 1 aromatic carbocycles. The van der Waals surface area contributed by atoms with E-state index in [9.17, 15) is 13.2 Å². The topological polar surface area (TPSA) is 15.3 Å². The van der Waals surface area contributed by atoms with E-state index in [0.29, 0.717) is 6.07 Å². The molecule has 1 heterocycles. The summed E-state index contributed by atoms with van der Waals surface area (Å²) in [6.07, 6.45) is 2.69. The Kier molecular flexibility index (Phi) is 7.49. The molecule has 1 aliphatic rings. The van der Waals surface area contributed by atoms with E-state index < -0.39 is 17.5 Å². The lowest BCUT2D eigenvalue weighted by molar-refractivity contribution is 0.159. The first kappa shape index (κ1) is 18.3. The van der Waals surface area contributed by atoms with Crippen molar-refractivity contribution in [2.75, 3.05) is 26.2 Å². The molecule has 2 rings (SSSR count). The smallest absolute Gasteiger partial charge is 0.161 e. The Morgan fingerprint density at radius 2 is 1.71 bits per heavy atom. The van der Waals surface area contributed by atoms with E-state index in [1.807, 2.05) is 0 Å². The Morgan fingerprint density at radius 3 is 2.33 bits per heavy atom. The molecule has 0 saturated carbocycles. The number of nitrogens with one attached hydrogen (secondary N) is 1. The van der Waals surface area contributed by atoms with Crippen LogP contribution in [0, 0.1) is 17.5 Å². The molecule has 6 heteroatoms. The van der Waals surface area contributed by atoms with Gasteiger partial charge in [-0.2, -0.15) is 0 Å². The number of nitrogens with zero attached hydrogens (tertiary/aromatic N) is 1. The minimum atomic E-state index is -1.12. The van der Waals surface area contributed by atoms with Crippen LogP contribution in [-0.4, -0.2) is 31.1 Å². The molecular formula is C15H22ClF3N2. The molecule has 120 valence electrons. The summed E-state index contributed by atoms with van der Waals surface area (Å²) < 4.78 is 40.5. The minimum Gasteiger partial charge on any atom is -0.314 e. The zero-order chi connectivity index (χ0) is 14.5. The van der Waals surface area contributed by atoms with Crippen LogP contribution in [-0.2, 0) is 0 Å². The predicted octanol–water partition coefficient (Wildman–Crippen LogP) is 3.66. The fourth-order valence-electron chi connectivity index (χ4n) is 2.72. The van der Waals surface area contributed by atoms with E-state index in [1.54, 1.807) is 0 Å². The molecule has 21 heavy (non-hydrogen) atoms. The van der Waals surface area contributed by atoms with Crippen molar-refractivity contribution in [2.24, 2.45) is 0 Å². The van der Waals surface area contributed by atoms with Gasteiger partial charge >= 0.3 is 0 Å². The first-order valence-corrected chi connectivity index (χ1v) is 7.22. The van der Waals surface area contributed by atoms with Gasteiger partial charge < -0.3 is 5.32 Å². The van der Waals surface area contributed by atoms with Gasteiger partial charge in [-0.05, 0) is 12.5 Å². The van der Waals surface area contributed by atoms with E-state index >= 15 is 0 Å². The lowest BCUT2D eigenvalue weighted by atomic mass is 9.98. The number of benzene rings is 1. The highest BCUT2D eigenvalue weighted by Gasteiger charge is 2.25. The largest absolute Gasteiger partial charge is 0.314 e. The molecule has 1 N–H and O–H groups in total. The van der Waals surface area contributed by atoms with Crippen LogP contribution in [0.4, 0.5) is 13.2 Å². The van der Waals surface area contributed by atoms with Crippen molar-refractivity contribution < 1.29 is 13.2 Å². The molecule has 1 aliphatic heterocycles. The van der Waals surface area contributed by atoms with Crippen molar-refractivity contribution in [1.82, 2.24) is 10.2 Å². The molecule has 2 nitrogen and oxygen atoms in total. The Balaban J connectivity index is 0.00000220. The van der Waals surface area contributed by atoms with Crippen molar-refractivity contribution in [3.05, 3.63) is 35.1 Å². The van der Waals surface area contributed by atoms with Gasteiger partial charge in [0.05, 0.1) is 0 Å². The summed E-state index contributed by atoms with van der Waals surface area (Å²) in [5, 5.41) is 3.24. The predicted molar refractivity (Wildman–Crippen MR) is 80.3 cm³/mol. The molecule has 0 spiro atoms. The molecule has 0 radical (unpaired) electrons. The second-order valence-electron chi connectivity index (χ2n) is 5.23.